The molecule has 4 heteroatoms. The predicted octanol–water partition coefficient (Wildman–Crippen LogP) is 5.64. The molecule has 4 nitrogen and oxygen atoms in total. The topological polar surface area (TPSA) is 34.0 Å². The number of likely N-dealkylation sites (tertiary alicyclic amines) is 1. The maximum absolute atomic E-state index is 4.72. The fourth-order valence-electron chi connectivity index (χ4n) is 4.54. The zero-order valence-electron chi connectivity index (χ0n) is 17.4. The quantitative estimate of drug-likeness (QED) is 0.423. The lowest BCUT2D eigenvalue weighted by Crippen LogP contribution is -2.31. The Morgan fingerprint density at radius 1 is 0.800 bits per heavy atom. The third-order valence-electron chi connectivity index (χ3n) is 6.11. The van der Waals surface area contributed by atoms with Gasteiger partial charge in [-0.15, -0.1) is 0 Å². The van der Waals surface area contributed by atoms with Crippen molar-refractivity contribution in [3.8, 4) is 22.3 Å². The molecular formula is C26H28N4. The Labute approximate surface area is 178 Å². The summed E-state index contributed by atoms with van der Waals surface area (Å²) in [6.07, 6.45) is 13.3. The van der Waals surface area contributed by atoms with Crippen LogP contribution in [0.25, 0.3) is 33.3 Å². The highest BCUT2D eigenvalue weighted by molar-refractivity contribution is 5.93. The lowest BCUT2D eigenvalue weighted by molar-refractivity contribution is 0.223. The van der Waals surface area contributed by atoms with E-state index in [-0.39, 0.29) is 0 Å². The van der Waals surface area contributed by atoms with Gasteiger partial charge in [-0.25, -0.2) is 0 Å². The van der Waals surface area contributed by atoms with Gasteiger partial charge in [-0.1, -0.05) is 36.8 Å². The number of aromatic nitrogens is 3. The molecule has 4 aromatic rings. The van der Waals surface area contributed by atoms with E-state index in [4.69, 9.17) is 4.98 Å². The molecule has 0 saturated carbocycles. The van der Waals surface area contributed by atoms with Crippen molar-refractivity contribution >= 4 is 11.0 Å². The van der Waals surface area contributed by atoms with Gasteiger partial charge in [0, 0.05) is 48.0 Å². The van der Waals surface area contributed by atoms with Crippen LogP contribution in [0.3, 0.4) is 0 Å². The highest BCUT2D eigenvalue weighted by Gasteiger charge is 2.14. The molecule has 0 amide bonds. The normalized spacial score (nSPS) is 14.9. The predicted molar refractivity (Wildman–Crippen MR) is 123 cm³/mol. The summed E-state index contributed by atoms with van der Waals surface area (Å²) in [5.41, 5.74) is 6.86. The Hall–Kier alpha value is -2.98. The summed E-state index contributed by atoms with van der Waals surface area (Å²) in [6.45, 7) is 4.72. The lowest BCUT2D eigenvalue weighted by Gasteiger charge is -2.26. The molecule has 1 aliphatic heterocycles. The third kappa shape index (κ3) is 4.01. The second-order valence-electron chi connectivity index (χ2n) is 8.19. The molecule has 0 unspecified atom stereocenters. The number of hydrogen-bond acceptors (Lipinski definition) is 3. The maximum Gasteiger partial charge on any atom is 0.0959 e. The minimum atomic E-state index is 1.02. The molecule has 0 radical (unpaired) electrons. The molecule has 4 heterocycles. The number of rotatable bonds is 6. The van der Waals surface area contributed by atoms with E-state index in [1.54, 1.807) is 0 Å². The van der Waals surface area contributed by atoms with Crippen LogP contribution < -0.4 is 0 Å². The smallest absolute Gasteiger partial charge is 0.0959 e. The summed E-state index contributed by atoms with van der Waals surface area (Å²) in [7, 11) is 0. The van der Waals surface area contributed by atoms with Gasteiger partial charge in [-0.2, -0.15) is 0 Å². The molecular weight excluding hydrogens is 368 g/mol. The molecule has 152 valence electrons. The van der Waals surface area contributed by atoms with Crippen molar-refractivity contribution in [1.82, 2.24) is 19.4 Å². The molecule has 30 heavy (non-hydrogen) atoms. The zero-order chi connectivity index (χ0) is 20.2. The zero-order valence-corrected chi connectivity index (χ0v) is 17.4. The van der Waals surface area contributed by atoms with E-state index in [2.05, 4.69) is 57.0 Å². The molecule has 0 aliphatic carbocycles. The van der Waals surface area contributed by atoms with E-state index in [0.29, 0.717) is 0 Å². The molecule has 3 aromatic heterocycles. The fourth-order valence-corrected chi connectivity index (χ4v) is 4.54. The number of fused-ring (bicyclic) bond motifs is 1. The van der Waals surface area contributed by atoms with Crippen molar-refractivity contribution in [1.29, 1.82) is 0 Å². The average molecular weight is 397 g/mol. The highest BCUT2D eigenvalue weighted by Crippen LogP contribution is 2.31. The molecule has 0 N–H and O–H groups in total. The summed E-state index contributed by atoms with van der Waals surface area (Å²) in [6, 6.07) is 16.9. The fraction of sp³-hybridized carbons (Fsp3) is 0.308. The molecule has 5 rings (SSSR count). The van der Waals surface area contributed by atoms with Crippen LogP contribution >= 0.6 is 0 Å². The molecule has 0 bridgehead atoms. The molecule has 1 aromatic carbocycles. The summed E-state index contributed by atoms with van der Waals surface area (Å²) in [5.74, 6) is 0. The van der Waals surface area contributed by atoms with Gasteiger partial charge < -0.3 is 9.47 Å². The lowest BCUT2D eigenvalue weighted by atomic mass is 10.0. The number of aryl methyl sites for hydroxylation is 1. The molecule has 1 saturated heterocycles. The Morgan fingerprint density at radius 2 is 1.63 bits per heavy atom. The van der Waals surface area contributed by atoms with E-state index in [1.165, 1.54) is 56.4 Å². The number of hydrogen-bond donors (Lipinski definition) is 0. The van der Waals surface area contributed by atoms with E-state index in [1.807, 2.05) is 30.7 Å². The Morgan fingerprint density at radius 3 is 2.50 bits per heavy atom. The Kier molecular flexibility index (Phi) is 5.58. The van der Waals surface area contributed by atoms with Crippen molar-refractivity contribution in [2.24, 2.45) is 0 Å². The first-order valence-electron chi connectivity index (χ1n) is 11.1. The number of nitrogens with zero attached hydrogens (tertiary/aromatic N) is 4. The van der Waals surface area contributed by atoms with Crippen molar-refractivity contribution in [2.45, 2.75) is 32.2 Å². The van der Waals surface area contributed by atoms with Crippen LogP contribution in [0.2, 0.25) is 0 Å². The van der Waals surface area contributed by atoms with Gasteiger partial charge in [0.15, 0.2) is 0 Å². The molecule has 1 fully saturated rings. The summed E-state index contributed by atoms with van der Waals surface area (Å²) in [5, 5.41) is 0. The monoisotopic (exact) mass is 396 g/mol. The van der Waals surface area contributed by atoms with E-state index in [9.17, 15) is 0 Å². The van der Waals surface area contributed by atoms with Crippen LogP contribution in [-0.2, 0) is 6.54 Å². The highest BCUT2D eigenvalue weighted by atomic mass is 15.1. The summed E-state index contributed by atoms with van der Waals surface area (Å²) in [4.78, 5) is 11.9. The SMILES string of the molecule is c1ccc(-c2cncc(-c3cn(CCCN4CCCCC4)c4cccnc34)c2)cc1. The minimum Gasteiger partial charge on any atom is -0.345 e. The third-order valence-corrected chi connectivity index (χ3v) is 6.11. The first-order valence-corrected chi connectivity index (χ1v) is 11.1. The second kappa shape index (κ2) is 8.80. The van der Waals surface area contributed by atoms with Crippen LogP contribution in [0, 0.1) is 0 Å². The van der Waals surface area contributed by atoms with E-state index < -0.39 is 0 Å². The van der Waals surface area contributed by atoms with Gasteiger partial charge in [0.25, 0.3) is 0 Å². The van der Waals surface area contributed by atoms with Crippen LogP contribution in [0.4, 0.5) is 0 Å². The molecule has 0 spiro atoms. The van der Waals surface area contributed by atoms with Gasteiger partial charge in [0.2, 0.25) is 0 Å². The van der Waals surface area contributed by atoms with E-state index >= 15 is 0 Å². The van der Waals surface area contributed by atoms with Gasteiger partial charge in [0.05, 0.1) is 11.0 Å². The standard InChI is InChI=1S/C26H28N4/c1-3-9-21(10-4-1)22-17-23(19-27-18-22)24-20-30(25-11-7-12-28-26(24)25)16-8-15-29-13-5-2-6-14-29/h1,3-4,7,9-12,17-20H,2,5-6,8,13-16H2. The Bertz CT molecular complexity index is 1110. The van der Waals surface area contributed by atoms with Crippen LogP contribution in [0.15, 0.2) is 73.3 Å². The largest absolute Gasteiger partial charge is 0.345 e. The van der Waals surface area contributed by atoms with Crippen LogP contribution in [0.1, 0.15) is 25.7 Å². The molecule has 1 aliphatic rings. The number of piperidine rings is 1. The van der Waals surface area contributed by atoms with Crippen molar-refractivity contribution in [3.05, 3.63) is 73.3 Å². The van der Waals surface area contributed by atoms with Crippen LogP contribution in [-0.4, -0.2) is 39.1 Å². The second-order valence-corrected chi connectivity index (χ2v) is 8.19. The van der Waals surface area contributed by atoms with Gasteiger partial charge in [0.1, 0.15) is 0 Å². The van der Waals surface area contributed by atoms with Crippen molar-refractivity contribution in [2.75, 3.05) is 19.6 Å². The number of pyridine rings is 2. The Balaban J connectivity index is 1.42. The van der Waals surface area contributed by atoms with Gasteiger partial charge >= 0.3 is 0 Å². The van der Waals surface area contributed by atoms with E-state index in [0.717, 1.165) is 28.8 Å². The first kappa shape index (κ1) is 19.0. The first-order chi connectivity index (χ1) is 14.9. The summed E-state index contributed by atoms with van der Waals surface area (Å²) < 4.78 is 2.37. The minimum absolute atomic E-state index is 1.02. The van der Waals surface area contributed by atoms with Crippen molar-refractivity contribution < 1.29 is 0 Å². The van der Waals surface area contributed by atoms with Crippen molar-refractivity contribution in [3.63, 3.8) is 0 Å². The van der Waals surface area contributed by atoms with Crippen LogP contribution in [0.5, 0.6) is 0 Å². The average Bonchev–Trinajstić information content (AvgIpc) is 3.19. The summed E-state index contributed by atoms with van der Waals surface area (Å²) >= 11 is 0. The number of benzene rings is 1. The maximum atomic E-state index is 4.72. The van der Waals surface area contributed by atoms with Gasteiger partial charge in [-0.05, 0) is 62.7 Å². The molecule has 0 atom stereocenters. The van der Waals surface area contributed by atoms with Gasteiger partial charge in [-0.3, -0.25) is 9.97 Å².